The number of fused-ring (bicyclic) bond motifs is 1. The first kappa shape index (κ1) is 22.2. The average molecular weight is 462 g/mol. The van der Waals surface area contributed by atoms with Crippen LogP contribution >= 0.6 is 11.3 Å². The Balaban J connectivity index is 1.16. The summed E-state index contributed by atoms with van der Waals surface area (Å²) in [6.07, 6.45) is 4.58. The highest BCUT2D eigenvalue weighted by molar-refractivity contribution is 7.08. The minimum atomic E-state index is -0.651. The van der Waals surface area contributed by atoms with Gasteiger partial charge in [-0.05, 0) is 102 Å². The van der Waals surface area contributed by atoms with Crippen LogP contribution in [-0.4, -0.2) is 35.7 Å². The van der Waals surface area contributed by atoms with Gasteiger partial charge in [-0.25, -0.2) is 0 Å². The Morgan fingerprint density at radius 2 is 2.03 bits per heavy atom. The Kier molecular flexibility index (Phi) is 6.26. The number of thiophene rings is 1. The Morgan fingerprint density at radius 1 is 1.18 bits per heavy atom. The summed E-state index contributed by atoms with van der Waals surface area (Å²) < 4.78 is 6.12. The van der Waals surface area contributed by atoms with Crippen LogP contribution in [0.5, 0.6) is 5.75 Å². The van der Waals surface area contributed by atoms with Crippen LogP contribution in [0.4, 0.5) is 0 Å². The van der Waals surface area contributed by atoms with Crippen LogP contribution in [0, 0.1) is 12.8 Å². The maximum Gasteiger partial charge on any atom is 0.306 e. The molecule has 1 atom stereocenters. The first-order valence-corrected chi connectivity index (χ1v) is 12.8. The molecule has 2 aromatic carbocycles. The molecule has 1 unspecified atom stereocenters. The molecule has 1 N–H and O–H groups in total. The zero-order valence-electron chi connectivity index (χ0n) is 19.3. The molecule has 0 aliphatic heterocycles. The van der Waals surface area contributed by atoms with Crippen molar-refractivity contribution in [3.63, 3.8) is 0 Å². The summed E-state index contributed by atoms with van der Waals surface area (Å²) in [5.74, 6) is 0.129. The minimum absolute atomic E-state index is 0.162. The second kappa shape index (κ2) is 9.32. The van der Waals surface area contributed by atoms with Crippen LogP contribution in [0.3, 0.4) is 0 Å². The van der Waals surface area contributed by atoms with Crippen LogP contribution < -0.4 is 4.74 Å². The highest BCUT2D eigenvalue weighted by Crippen LogP contribution is 2.42. The van der Waals surface area contributed by atoms with Crippen molar-refractivity contribution in [3.8, 4) is 16.9 Å². The van der Waals surface area contributed by atoms with Crippen molar-refractivity contribution in [2.24, 2.45) is 5.92 Å². The van der Waals surface area contributed by atoms with Gasteiger partial charge in [-0.3, -0.25) is 9.69 Å². The summed E-state index contributed by atoms with van der Waals surface area (Å²) in [5, 5.41) is 13.5. The van der Waals surface area contributed by atoms with Crippen LogP contribution in [0.1, 0.15) is 47.6 Å². The standard InChI is InChI=1S/C28H31NO3S/c1-18-13-19(3-6-25(18)21-10-12-33-17-21)9-11-32-24-5-7-26-20(16-24)4-8-27(26)29(2)23-14-22(15-23)28(30)31/h3,5-7,10,12-13,16-17,22-23,27H,4,8-9,11,14-15H2,1-2H3,(H,30,31)/t22-,23-,27?. The van der Waals surface area contributed by atoms with Gasteiger partial charge in [0.25, 0.3) is 0 Å². The molecular formula is C28H31NO3S. The maximum atomic E-state index is 11.1. The van der Waals surface area contributed by atoms with Gasteiger partial charge in [0.2, 0.25) is 0 Å². The van der Waals surface area contributed by atoms with Gasteiger partial charge in [0.1, 0.15) is 5.75 Å². The number of carboxylic acids is 1. The number of nitrogens with zero attached hydrogens (tertiary/aromatic N) is 1. The zero-order valence-corrected chi connectivity index (χ0v) is 20.1. The molecule has 33 heavy (non-hydrogen) atoms. The van der Waals surface area contributed by atoms with E-state index in [0.29, 0.717) is 18.7 Å². The van der Waals surface area contributed by atoms with Crippen molar-refractivity contribution >= 4 is 17.3 Å². The molecule has 0 radical (unpaired) electrons. The quantitative estimate of drug-likeness (QED) is 0.439. The van der Waals surface area contributed by atoms with E-state index in [2.05, 4.69) is 72.1 Å². The van der Waals surface area contributed by atoms with Gasteiger partial charge in [-0.15, -0.1) is 0 Å². The molecule has 1 aromatic heterocycles. The number of hydrogen-bond acceptors (Lipinski definition) is 4. The highest BCUT2D eigenvalue weighted by Gasteiger charge is 2.40. The second-order valence-electron chi connectivity index (χ2n) is 9.50. The van der Waals surface area contributed by atoms with Gasteiger partial charge in [-0.1, -0.05) is 24.3 Å². The molecular weight excluding hydrogens is 430 g/mol. The highest BCUT2D eigenvalue weighted by atomic mass is 32.1. The van der Waals surface area contributed by atoms with Gasteiger partial charge in [0.05, 0.1) is 12.5 Å². The lowest BCUT2D eigenvalue weighted by atomic mass is 9.79. The number of ether oxygens (including phenoxy) is 1. The summed E-state index contributed by atoms with van der Waals surface area (Å²) in [5.41, 5.74) is 7.95. The summed E-state index contributed by atoms with van der Waals surface area (Å²) in [7, 11) is 2.15. The lowest BCUT2D eigenvalue weighted by Gasteiger charge is -2.42. The maximum absolute atomic E-state index is 11.1. The Morgan fingerprint density at radius 3 is 2.76 bits per heavy atom. The van der Waals surface area contributed by atoms with E-state index in [9.17, 15) is 4.79 Å². The minimum Gasteiger partial charge on any atom is -0.493 e. The van der Waals surface area contributed by atoms with Gasteiger partial charge in [0.15, 0.2) is 0 Å². The monoisotopic (exact) mass is 461 g/mol. The smallest absolute Gasteiger partial charge is 0.306 e. The van der Waals surface area contributed by atoms with Crippen molar-refractivity contribution in [2.75, 3.05) is 13.7 Å². The Labute approximate surface area is 199 Å². The third-order valence-electron chi connectivity index (χ3n) is 7.47. The van der Waals surface area contributed by atoms with E-state index < -0.39 is 5.97 Å². The van der Waals surface area contributed by atoms with E-state index in [4.69, 9.17) is 9.84 Å². The summed E-state index contributed by atoms with van der Waals surface area (Å²) in [6.45, 7) is 2.84. The number of rotatable bonds is 8. The molecule has 5 heteroatoms. The Bertz CT molecular complexity index is 1130. The predicted molar refractivity (Wildman–Crippen MR) is 133 cm³/mol. The van der Waals surface area contributed by atoms with Crippen molar-refractivity contribution in [1.29, 1.82) is 0 Å². The van der Waals surface area contributed by atoms with Gasteiger partial charge >= 0.3 is 5.97 Å². The molecule has 1 saturated carbocycles. The fourth-order valence-corrected chi connectivity index (χ4v) is 6.03. The first-order chi connectivity index (χ1) is 16.0. The molecule has 0 bridgehead atoms. The van der Waals surface area contributed by atoms with E-state index in [1.807, 2.05) is 0 Å². The number of aliphatic carboxylic acids is 1. The van der Waals surface area contributed by atoms with Crippen molar-refractivity contribution in [1.82, 2.24) is 4.90 Å². The molecule has 5 rings (SSSR count). The topological polar surface area (TPSA) is 49.8 Å². The average Bonchev–Trinajstić information content (AvgIpc) is 3.42. The number of carbonyl (C=O) groups is 1. The van der Waals surface area contributed by atoms with E-state index in [-0.39, 0.29) is 5.92 Å². The molecule has 0 amide bonds. The predicted octanol–water partition coefficient (Wildman–Crippen LogP) is 6.13. The van der Waals surface area contributed by atoms with Gasteiger partial charge in [-0.2, -0.15) is 11.3 Å². The second-order valence-corrected chi connectivity index (χ2v) is 10.3. The molecule has 2 aliphatic rings. The number of carboxylic acid groups (broad SMARTS) is 1. The van der Waals surface area contributed by atoms with Gasteiger partial charge in [0, 0.05) is 18.5 Å². The molecule has 0 saturated heterocycles. The summed E-state index contributed by atoms with van der Waals surface area (Å²) in [4.78, 5) is 13.5. The van der Waals surface area contributed by atoms with Crippen molar-refractivity contribution in [2.45, 2.75) is 51.1 Å². The third-order valence-corrected chi connectivity index (χ3v) is 8.16. The fourth-order valence-electron chi connectivity index (χ4n) is 5.37. The molecule has 4 nitrogen and oxygen atoms in total. The van der Waals surface area contributed by atoms with Crippen LogP contribution in [0.15, 0.2) is 53.2 Å². The molecule has 0 spiro atoms. The molecule has 172 valence electrons. The lowest BCUT2D eigenvalue weighted by Crippen LogP contribution is -2.46. The fraction of sp³-hybridized carbons (Fsp3) is 0.393. The lowest BCUT2D eigenvalue weighted by molar-refractivity contribution is -0.147. The molecule has 1 fully saturated rings. The van der Waals surface area contributed by atoms with E-state index >= 15 is 0 Å². The number of benzene rings is 2. The molecule has 2 aliphatic carbocycles. The van der Waals surface area contributed by atoms with E-state index in [0.717, 1.165) is 37.9 Å². The molecule has 3 aromatic rings. The number of hydrogen-bond donors (Lipinski definition) is 1. The largest absolute Gasteiger partial charge is 0.493 e. The van der Waals surface area contributed by atoms with Crippen molar-refractivity contribution < 1.29 is 14.6 Å². The van der Waals surface area contributed by atoms with E-state index in [1.54, 1.807) is 11.3 Å². The van der Waals surface area contributed by atoms with Crippen LogP contribution in [0.25, 0.3) is 11.1 Å². The summed E-state index contributed by atoms with van der Waals surface area (Å²) >= 11 is 1.73. The third kappa shape index (κ3) is 4.57. The first-order valence-electron chi connectivity index (χ1n) is 11.8. The van der Waals surface area contributed by atoms with Gasteiger partial charge < -0.3 is 9.84 Å². The van der Waals surface area contributed by atoms with E-state index in [1.165, 1.54) is 33.4 Å². The normalized spacial score (nSPS) is 21.6. The Hall–Kier alpha value is -2.63. The van der Waals surface area contributed by atoms with Crippen LogP contribution in [0.2, 0.25) is 0 Å². The SMILES string of the molecule is Cc1cc(CCOc2ccc3c(c2)CCC3N(C)[C@H]2C[C@H](C(=O)O)C2)ccc1-c1ccsc1. The summed E-state index contributed by atoms with van der Waals surface area (Å²) in [6, 6.07) is 16.2. The van der Waals surface area contributed by atoms with Crippen molar-refractivity contribution in [3.05, 3.63) is 75.5 Å². The number of aryl methyl sites for hydroxylation is 2. The zero-order chi connectivity index (χ0) is 22.9. The van der Waals surface area contributed by atoms with Crippen LogP contribution in [-0.2, 0) is 17.6 Å². The molecule has 1 heterocycles.